The van der Waals surface area contributed by atoms with E-state index in [1.807, 2.05) is 243 Å². The minimum Gasteiger partial charge on any atom is -0.618 e. The van der Waals surface area contributed by atoms with Gasteiger partial charge >= 0.3 is 0 Å². The molecule has 0 atom stereocenters. The Morgan fingerprint density at radius 2 is 0.237 bits per heavy atom. The summed E-state index contributed by atoms with van der Waals surface area (Å²) in [5.41, 5.74) is 2.05. The molecule has 0 aliphatic heterocycles. The molecule has 60 nitrogen and oxygen atoms in total. The predicted molar refractivity (Wildman–Crippen MR) is 480 cm³/mol. The average Bonchev–Trinajstić information content (AvgIpc) is 0.802. The molecule has 746 valence electrons. The molecule has 4 aromatic heterocycles. The van der Waals surface area contributed by atoms with Gasteiger partial charge in [-0.05, 0) is 24.3 Å². The zero-order valence-corrected chi connectivity index (χ0v) is 83.1. The summed E-state index contributed by atoms with van der Waals surface area (Å²) in [4.78, 5) is 99.0. The first-order valence-corrected chi connectivity index (χ1v) is 42.4. The summed E-state index contributed by atoms with van der Waals surface area (Å²) >= 11 is 0. The molecule has 139 heavy (non-hydrogen) atoms. The van der Waals surface area contributed by atoms with E-state index in [0.29, 0.717) is 22.8 Å². The van der Waals surface area contributed by atoms with Crippen LogP contribution in [0.2, 0.25) is 0 Å². The van der Waals surface area contributed by atoms with Gasteiger partial charge in [-0.3, -0.25) is 0 Å². The van der Waals surface area contributed by atoms with Crippen LogP contribution in [-0.4, -0.2) is 61.0 Å². The Labute approximate surface area is 842 Å². The van der Waals surface area contributed by atoms with Crippen molar-refractivity contribution >= 4 is 71.0 Å². The summed E-state index contributed by atoms with van der Waals surface area (Å²) in [5.74, 6) is 0. The fourth-order valence-corrected chi connectivity index (χ4v) is 20.6. The van der Waals surface area contributed by atoms with Crippen molar-refractivity contribution in [3.05, 3.63) is 568 Å². The standard InChI is InChI=1S/4C18H16NO2P.12NO3.3Pu/c4*20-19-14-8-7-9-16(19)15-22(21,17-10-3-1-4-11-17)18-12-5-2-6-13-18;12*2-1(3)4;;;/h4*1-14H,15H2;;;;;;;;;;;;;;;/q;;;;12*-1;;;. The number of benzene rings is 8. The van der Waals surface area contributed by atoms with E-state index in [0.717, 1.165) is 61.4 Å². The summed E-state index contributed by atoms with van der Waals surface area (Å²) in [7, 11) is -11.6. The molecule has 8 aromatic carbocycles. The third kappa shape index (κ3) is 68.5. The predicted octanol–water partition coefficient (Wildman–Crippen LogP) is 8.47. The Morgan fingerprint density at radius 1 is 0.158 bits per heavy atom. The molecule has 0 amide bonds. The van der Waals surface area contributed by atoms with Gasteiger partial charge in [0.25, 0.3) is 0 Å². The maximum absolute atomic E-state index is 13.8. The van der Waals surface area contributed by atoms with Crippen LogP contribution in [-0.2, 0) is 42.9 Å². The minimum absolute atomic E-state index is 0. The summed E-state index contributed by atoms with van der Waals surface area (Å²) < 4.78 is 58.3. The molecule has 0 aliphatic carbocycles. The fourth-order valence-electron chi connectivity index (χ4n) is 9.93. The number of hydrogen-bond donors (Lipinski definition) is 0. The van der Waals surface area contributed by atoms with Crippen molar-refractivity contribution in [1.82, 2.24) is 0 Å². The summed E-state index contributed by atoms with van der Waals surface area (Å²) in [6.07, 6.45) is 6.62. The number of rotatable bonds is 16. The summed E-state index contributed by atoms with van der Waals surface area (Å²) in [6.45, 7) is 0. The summed E-state index contributed by atoms with van der Waals surface area (Å²) in [6, 6.07) is 95.9. The van der Waals surface area contributed by atoms with Crippen LogP contribution < -0.4 is 61.4 Å². The number of nitrogens with zero attached hydrogens (tertiary/aromatic N) is 16. The van der Waals surface area contributed by atoms with E-state index in [4.69, 9.17) is 184 Å². The molecular weight excluding hydrogens is 2650 g/mol. The second-order valence-electron chi connectivity index (χ2n) is 23.0. The quantitative estimate of drug-likeness (QED) is 0.0287. The number of hydrogen-bond acceptors (Lipinski definition) is 44. The zero-order chi connectivity index (χ0) is 105. The Bertz CT molecular complexity index is 4800. The third-order valence-corrected chi connectivity index (χ3v) is 26.7. The van der Waals surface area contributed by atoms with Crippen LogP contribution in [0.3, 0.4) is 0 Å². The topological polar surface area (TPSA) is 970 Å². The molecule has 0 saturated heterocycles. The summed E-state index contributed by atoms with van der Waals surface area (Å²) in [5, 5.41) is 231. The zero-order valence-electron chi connectivity index (χ0n) is 69.3. The molecule has 0 radical (unpaired) electrons. The van der Waals surface area contributed by atoms with E-state index in [-0.39, 0.29) is 112 Å². The van der Waals surface area contributed by atoms with E-state index in [1.54, 1.807) is 72.8 Å². The van der Waals surface area contributed by atoms with Crippen molar-refractivity contribution in [1.29, 1.82) is 0 Å². The normalized spacial score (nSPS) is 9.21. The smallest absolute Gasteiger partial charge is 0.200 e. The van der Waals surface area contributed by atoms with Crippen molar-refractivity contribution in [3.8, 4) is 0 Å². The van der Waals surface area contributed by atoms with Gasteiger partial charge in [-0.15, -0.1) is 0 Å². The first-order chi connectivity index (χ1) is 63.6. The van der Waals surface area contributed by atoms with Crippen molar-refractivity contribution < 1.29 is 186 Å². The first-order valence-electron chi connectivity index (χ1n) is 34.9. The van der Waals surface area contributed by atoms with Gasteiger partial charge in [0.1, 0.15) is 0 Å². The molecule has 0 fully saturated rings. The monoisotopic (exact) mass is 2690 g/mol. The van der Waals surface area contributed by atoms with Gasteiger partial charge in [-0.2, -0.15) is 18.9 Å². The molecule has 0 bridgehead atoms. The van der Waals surface area contributed by atoms with Crippen molar-refractivity contribution in [2.45, 2.75) is 24.6 Å². The molecule has 0 aliphatic rings. The van der Waals surface area contributed by atoms with E-state index in [9.17, 15) is 39.1 Å². The molecule has 0 spiro atoms. The maximum atomic E-state index is 13.8. The van der Waals surface area contributed by atoms with Crippen molar-refractivity contribution in [2.75, 3.05) is 0 Å². The third-order valence-electron chi connectivity index (χ3n) is 14.5. The first kappa shape index (κ1) is 136. The van der Waals surface area contributed by atoms with Gasteiger partial charge in [0, 0.05) is 178 Å². The molecular formula is C72H64N16O44P4Pu3-12. The molecule has 4 heterocycles. The second kappa shape index (κ2) is 77.2. The Kier molecular flexibility index (Phi) is 75.4. The minimum atomic E-state index is -2.89. The van der Waals surface area contributed by atoms with E-state index < -0.39 is 89.6 Å². The molecule has 0 unspecified atom stereocenters. The number of pyridine rings is 4. The van der Waals surface area contributed by atoms with Gasteiger partial charge in [0.2, 0.25) is 22.8 Å². The Balaban J connectivity index is -0.000000287. The van der Waals surface area contributed by atoms with Crippen molar-refractivity contribution in [2.24, 2.45) is 0 Å². The van der Waals surface area contributed by atoms with Gasteiger partial charge < -0.3 is 223 Å². The van der Waals surface area contributed by atoms with Gasteiger partial charge in [-0.1, -0.05) is 243 Å². The largest absolute Gasteiger partial charge is 0.618 e. The van der Waals surface area contributed by atoms with Crippen LogP contribution in [0.5, 0.6) is 0 Å². The molecule has 12 aromatic rings. The molecule has 12 rings (SSSR count). The number of aromatic nitrogens is 4. The van der Waals surface area contributed by atoms with E-state index >= 15 is 0 Å². The van der Waals surface area contributed by atoms with Crippen LogP contribution in [0.1, 0.15) is 22.8 Å². The van der Waals surface area contributed by atoms with Gasteiger partial charge in [0.15, 0.2) is 53.4 Å². The maximum Gasteiger partial charge on any atom is 0.200 e. The Hall–Kier alpha value is -16.2. The van der Waals surface area contributed by atoms with Crippen LogP contribution in [0.15, 0.2) is 340 Å². The molecule has 67 heteroatoms. The Morgan fingerprint density at radius 3 is 0.317 bits per heavy atom. The van der Waals surface area contributed by atoms with Crippen LogP contribution in [0.4, 0.5) is 0 Å². The molecule has 0 N–H and O–H groups in total. The fraction of sp³-hybridized carbons (Fsp3) is 0.0556. The SMILES string of the molecule is O=P(Cc1cccc[n+]1[O-])(c1ccccc1)c1ccccc1.O=P(Cc1cccc[n+]1[O-])(c1ccccc1)c1ccccc1.O=P(Cc1cccc[n+]1[O-])(c1ccccc1)c1ccccc1.O=P(Cc1cccc[n+]1[O-])(c1ccccc1)c1ccccc1.O=[N+]([O-])[O-].O=[N+]([O-])[O-].O=[N+]([O-])[O-].O=[N+]([O-])[O-].O=[N+]([O-])[O-].O=[N+]([O-])[O-].O=[N+]([O-])[O-].O=[N+]([O-])[O-].O=[N+]([O-])[O-].O=[N+]([O-])[O-].O=[N+]([O-])[O-].O=[N+]([O-])[O-].[Pu].[Pu].[Pu]. The van der Waals surface area contributed by atoms with Crippen LogP contribution >= 0.6 is 28.6 Å². The molecule has 0 saturated carbocycles. The van der Waals surface area contributed by atoms with E-state index in [1.165, 1.54) is 24.8 Å². The van der Waals surface area contributed by atoms with Gasteiger partial charge in [0.05, 0.1) is 85.7 Å². The second-order valence-corrected chi connectivity index (χ2v) is 34.3. The van der Waals surface area contributed by atoms with Gasteiger partial charge in [-0.25, -0.2) is 0 Å². The van der Waals surface area contributed by atoms with Crippen LogP contribution in [0, 0.1) is 292 Å². The van der Waals surface area contributed by atoms with Crippen LogP contribution in [0.25, 0.3) is 0 Å². The van der Waals surface area contributed by atoms with Crippen molar-refractivity contribution in [3.63, 3.8) is 0 Å². The average molecular weight is 2710 g/mol. The van der Waals surface area contributed by atoms with E-state index in [2.05, 4.69) is 0 Å².